The van der Waals surface area contributed by atoms with Crippen LogP contribution < -0.4 is 0 Å². The quantitative estimate of drug-likeness (QED) is 0.618. The molecule has 1 aliphatic carbocycles. The summed E-state index contributed by atoms with van der Waals surface area (Å²) in [5, 5.41) is 0. The molecule has 0 radical (unpaired) electrons. The first-order chi connectivity index (χ1) is 9.27. The molecule has 0 amide bonds. The normalized spacial score (nSPS) is 13.5. The minimum Gasteiger partial charge on any atom is -0.0840 e. The van der Waals surface area contributed by atoms with Gasteiger partial charge in [-0.2, -0.15) is 0 Å². The lowest BCUT2D eigenvalue weighted by molar-refractivity contribution is 0.772. The van der Waals surface area contributed by atoms with Gasteiger partial charge in [-0.25, -0.2) is 0 Å². The van der Waals surface area contributed by atoms with Crippen molar-refractivity contribution in [3.05, 3.63) is 59.2 Å². The van der Waals surface area contributed by atoms with Gasteiger partial charge in [-0.1, -0.05) is 75.6 Å². The van der Waals surface area contributed by atoms with E-state index in [1.165, 1.54) is 48.8 Å². The number of aryl methyl sites for hydroxylation is 1. The maximum atomic E-state index is 2.35. The molecule has 0 aromatic heterocycles. The number of unbranched alkanes of at least 4 members (excludes halogenated alkanes) is 2. The van der Waals surface area contributed by atoms with Crippen LogP contribution in [0.2, 0.25) is 0 Å². The molecule has 0 N–H and O–H groups in total. The lowest BCUT2D eigenvalue weighted by Crippen LogP contribution is -1.93. The van der Waals surface area contributed by atoms with E-state index in [2.05, 4.69) is 63.3 Å². The van der Waals surface area contributed by atoms with Crippen molar-refractivity contribution in [2.45, 2.75) is 59.3 Å². The van der Waals surface area contributed by atoms with Gasteiger partial charge in [0.2, 0.25) is 0 Å². The minimum atomic E-state index is 1.09. The van der Waals surface area contributed by atoms with Gasteiger partial charge in [-0.3, -0.25) is 0 Å². The molecule has 1 aromatic carbocycles. The van der Waals surface area contributed by atoms with Crippen molar-refractivity contribution in [1.29, 1.82) is 0 Å². The third-order valence-electron chi connectivity index (χ3n) is 3.43. The van der Waals surface area contributed by atoms with Crippen LogP contribution in [0.25, 0.3) is 0 Å². The van der Waals surface area contributed by atoms with Crippen molar-refractivity contribution in [1.82, 2.24) is 0 Å². The summed E-state index contributed by atoms with van der Waals surface area (Å²) in [7, 11) is 0. The fourth-order valence-electron chi connectivity index (χ4n) is 2.18. The highest BCUT2D eigenvalue weighted by Gasteiger charge is 2.01. The van der Waals surface area contributed by atoms with Crippen LogP contribution in [0.1, 0.15) is 57.1 Å². The summed E-state index contributed by atoms with van der Waals surface area (Å²) in [5.74, 6) is 0. The predicted molar refractivity (Wildman–Crippen MR) is 86.5 cm³/mol. The maximum Gasteiger partial charge on any atom is -0.00264 e. The molecule has 0 fully saturated rings. The van der Waals surface area contributed by atoms with E-state index in [0.29, 0.717) is 0 Å². The first kappa shape index (κ1) is 15.8. The van der Waals surface area contributed by atoms with Crippen molar-refractivity contribution in [2.24, 2.45) is 0 Å². The molecule has 1 aromatic rings. The maximum absolute atomic E-state index is 2.35. The molecule has 0 bridgehead atoms. The van der Waals surface area contributed by atoms with E-state index in [-0.39, 0.29) is 0 Å². The Morgan fingerprint density at radius 2 is 1.74 bits per heavy atom. The van der Waals surface area contributed by atoms with Crippen molar-refractivity contribution >= 4 is 0 Å². The van der Waals surface area contributed by atoms with Gasteiger partial charge in [-0.05, 0) is 42.9 Å². The van der Waals surface area contributed by atoms with Gasteiger partial charge in [0.15, 0.2) is 0 Å². The Morgan fingerprint density at radius 1 is 1.00 bits per heavy atom. The Bertz CT molecular complexity index is 408. The van der Waals surface area contributed by atoms with Gasteiger partial charge in [0, 0.05) is 0 Å². The molecule has 0 saturated carbocycles. The Hall–Kier alpha value is -1.30. The molecule has 0 nitrogen and oxygen atoms in total. The summed E-state index contributed by atoms with van der Waals surface area (Å²) < 4.78 is 0. The number of allylic oxidation sites excluding steroid dienone is 4. The zero-order valence-electron chi connectivity index (χ0n) is 12.8. The van der Waals surface area contributed by atoms with Gasteiger partial charge >= 0.3 is 0 Å². The molecule has 19 heavy (non-hydrogen) atoms. The van der Waals surface area contributed by atoms with Gasteiger partial charge in [0.1, 0.15) is 0 Å². The molecule has 2 rings (SSSR count). The lowest BCUT2D eigenvalue weighted by atomic mass is 9.97. The van der Waals surface area contributed by atoms with Crippen molar-refractivity contribution in [2.75, 3.05) is 0 Å². The third kappa shape index (κ3) is 6.42. The van der Waals surface area contributed by atoms with E-state index in [0.717, 1.165) is 6.42 Å². The van der Waals surface area contributed by atoms with Crippen LogP contribution >= 0.6 is 0 Å². The minimum absolute atomic E-state index is 1.09. The average molecular weight is 256 g/mol. The number of benzene rings is 1. The summed E-state index contributed by atoms with van der Waals surface area (Å²) in [6.07, 6.45) is 14.5. The molecule has 0 heterocycles. The zero-order chi connectivity index (χ0) is 13.9. The van der Waals surface area contributed by atoms with Gasteiger partial charge in [0.25, 0.3) is 0 Å². The van der Waals surface area contributed by atoms with E-state index >= 15 is 0 Å². The first-order valence-corrected chi connectivity index (χ1v) is 7.68. The Labute approximate surface area is 119 Å². The molecule has 104 valence electrons. The van der Waals surface area contributed by atoms with Gasteiger partial charge in [0.05, 0.1) is 0 Å². The van der Waals surface area contributed by atoms with Crippen LogP contribution in [0.15, 0.2) is 48.1 Å². The second-order valence-electron chi connectivity index (χ2n) is 5.22. The molecule has 0 spiro atoms. The van der Waals surface area contributed by atoms with Crippen LogP contribution in [-0.2, 0) is 6.42 Å². The van der Waals surface area contributed by atoms with Crippen LogP contribution in [0.4, 0.5) is 0 Å². The van der Waals surface area contributed by atoms with E-state index in [1.807, 2.05) is 0 Å². The second-order valence-corrected chi connectivity index (χ2v) is 5.22. The average Bonchev–Trinajstić information content (AvgIpc) is 2.44. The summed E-state index contributed by atoms with van der Waals surface area (Å²) in [6.45, 7) is 6.61. The number of rotatable bonds is 4. The van der Waals surface area contributed by atoms with Crippen LogP contribution in [0.3, 0.4) is 0 Å². The van der Waals surface area contributed by atoms with E-state index < -0.39 is 0 Å². The monoisotopic (exact) mass is 256 g/mol. The summed E-state index contributed by atoms with van der Waals surface area (Å²) in [4.78, 5) is 0. The zero-order valence-corrected chi connectivity index (χ0v) is 12.8. The third-order valence-corrected chi connectivity index (χ3v) is 3.43. The highest BCUT2D eigenvalue weighted by molar-refractivity contribution is 5.34. The summed E-state index contributed by atoms with van der Waals surface area (Å²) in [6, 6.07) is 8.63. The summed E-state index contributed by atoms with van der Waals surface area (Å²) >= 11 is 0. The van der Waals surface area contributed by atoms with Crippen molar-refractivity contribution in [3.8, 4) is 0 Å². The van der Waals surface area contributed by atoms with Gasteiger partial charge < -0.3 is 0 Å². The van der Waals surface area contributed by atoms with Crippen LogP contribution in [-0.4, -0.2) is 0 Å². The highest BCUT2D eigenvalue weighted by atomic mass is 14.1. The Morgan fingerprint density at radius 3 is 2.26 bits per heavy atom. The predicted octanol–water partition coefficient (Wildman–Crippen LogP) is 6.01. The molecule has 0 heteroatoms. The van der Waals surface area contributed by atoms with Crippen LogP contribution in [0, 0.1) is 6.92 Å². The number of hydrogen-bond donors (Lipinski definition) is 0. The van der Waals surface area contributed by atoms with Crippen molar-refractivity contribution < 1.29 is 0 Å². The van der Waals surface area contributed by atoms with Crippen LogP contribution in [0.5, 0.6) is 0 Å². The second kappa shape index (κ2) is 9.61. The topological polar surface area (TPSA) is 0 Å². The first-order valence-electron chi connectivity index (χ1n) is 7.68. The summed E-state index contributed by atoms with van der Waals surface area (Å²) in [5.41, 5.74) is 4.31. The van der Waals surface area contributed by atoms with E-state index in [9.17, 15) is 0 Å². The largest absolute Gasteiger partial charge is 0.0840 e. The SMILES string of the molecule is CCCCC.Cc1ccccc1CC1=CCCC=C1. The molecule has 0 aliphatic heterocycles. The van der Waals surface area contributed by atoms with E-state index in [4.69, 9.17) is 0 Å². The molecule has 1 aliphatic rings. The molecular formula is C19H28. The molecule has 0 unspecified atom stereocenters. The van der Waals surface area contributed by atoms with Gasteiger partial charge in [-0.15, -0.1) is 0 Å². The molecular weight excluding hydrogens is 228 g/mol. The van der Waals surface area contributed by atoms with Crippen molar-refractivity contribution in [3.63, 3.8) is 0 Å². The lowest BCUT2D eigenvalue weighted by Gasteiger charge is -2.09. The highest BCUT2D eigenvalue weighted by Crippen LogP contribution is 2.17. The number of hydrogen-bond acceptors (Lipinski definition) is 0. The standard InChI is InChI=1S/C14H16.C5H12/c1-12-7-5-6-10-14(12)11-13-8-3-2-4-9-13;1-3-5-4-2/h3,5-10H,2,4,11H2,1H3;3-5H2,1-2H3. The fourth-order valence-corrected chi connectivity index (χ4v) is 2.18. The molecule has 0 saturated heterocycles. The molecule has 0 atom stereocenters. The Balaban J connectivity index is 0.000000312. The fraction of sp³-hybridized carbons (Fsp3) is 0.474. The Kier molecular flexibility index (Phi) is 7.97. The smallest absolute Gasteiger partial charge is 0.00264 e. The van der Waals surface area contributed by atoms with E-state index in [1.54, 1.807) is 0 Å².